The molecule has 0 radical (unpaired) electrons. The van der Waals surface area contributed by atoms with Crippen LogP contribution in [0.4, 0.5) is 0 Å². The van der Waals surface area contributed by atoms with Gasteiger partial charge in [-0.15, -0.1) is 0 Å². The quantitative estimate of drug-likeness (QED) is 0.845. The third-order valence-corrected chi connectivity index (χ3v) is 4.45. The molecule has 6 heteroatoms. The van der Waals surface area contributed by atoms with Crippen molar-refractivity contribution in [2.75, 3.05) is 18.1 Å². The van der Waals surface area contributed by atoms with Gasteiger partial charge in [-0.3, -0.25) is 14.5 Å². The van der Waals surface area contributed by atoms with Crippen LogP contribution in [0.3, 0.4) is 0 Å². The van der Waals surface area contributed by atoms with Crippen molar-refractivity contribution in [1.29, 1.82) is 0 Å². The van der Waals surface area contributed by atoms with Crippen molar-refractivity contribution in [3.8, 4) is 0 Å². The normalized spacial score (nSPS) is 19.1. The van der Waals surface area contributed by atoms with Crippen molar-refractivity contribution in [2.24, 2.45) is 7.05 Å². The van der Waals surface area contributed by atoms with Crippen LogP contribution in [0.1, 0.15) is 22.0 Å². The van der Waals surface area contributed by atoms with Crippen LogP contribution in [0.25, 0.3) is 0 Å². The summed E-state index contributed by atoms with van der Waals surface area (Å²) in [6, 6.07) is 3.64. The third-order valence-electron chi connectivity index (χ3n) is 3.43. The van der Waals surface area contributed by atoms with Gasteiger partial charge in [-0.25, -0.2) is 0 Å². The maximum atomic E-state index is 12.7. The minimum absolute atomic E-state index is 0.0709. The Morgan fingerprint density at radius 2 is 2.20 bits per heavy atom. The zero-order valence-corrected chi connectivity index (χ0v) is 12.1. The van der Waals surface area contributed by atoms with Gasteiger partial charge in [0.2, 0.25) is 0 Å². The van der Waals surface area contributed by atoms with Crippen LogP contribution in [0, 0.1) is 0 Å². The summed E-state index contributed by atoms with van der Waals surface area (Å²) in [6.45, 7) is 0.769. The van der Waals surface area contributed by atoms with Gasteiger partial charge in [-0.05, 0) is 12.1 Å². The van der Waals surface area contributed by atoms with Crippen LogP contribution in [0.5, 0.6) is 0 Å². The molecule has 2 aromatic rings. The molecule has 0 N–H and O–H groups in total. The first-order valence-corrected chi connectivity index (χ1v) is 7.68. The fraction of sp³-hybridized carbons (Fsp3) is 0.357. The van der Waals surface area contributed by atoms with E-state index in [1.54, 1.807) is 29.2 Å². The predicted molar refractivity (Wildman–Crippen MR) is 78.5 cm³/mol. The van der Waals surface area contributed by atoms with Crippen molar-refractivity contribution in [2.45, 2.75) is 6.04 Å². The topological polar surface area (TPSA) is 51.0 Å². The van der Waals surface area contributed by atoms with E-state index in [0.29, 0.717) is 5.56 Å². The summed E-state index contributed by atoms with van der Waals surface area (Å²) < 4.78 is 1.78. The lowest BCUT2D eigenvalue weighted by Gasteiger charge is -2.35. The lowest BCUT2D eigenvalue weighted by atomic mass is 10.1. The Balaban J connectivity index is 1.87. The van der Waals surface area contributed by atoms with Gasteiger partial charge < -0.3 is 4.90 Å². The lowest BCUT2D eigenvalue weighted by Crippen LogP contribution is -2.40. The van der Waals surface area contributed by atoms with Crippen molar-refractivity contribution >= 4 is 17.7 Å². The number of pyridine rings is 1. The summed E-state index contributed by atoms with van der Waals surface area (Å²) in [7, 11) is 1.90. The third kappa shape index (κ3) is 2.56. The number of thioether (sulfide) groups is 1. The van der Waals surface area contributed by atoms with E-state index in [1.165, 1.54) is 0 Å². The van der Waals surface area contributed by atoms with Crippen LogP contribution in [0.15, 0.2) is 36.9 Å². The number of hydrogen-bond acceptors (Lipinski definition) is 4. The molecule has 1 amide bonds. The van der Waals surface area contributed by atoms with Gasteiger partial charge in [-0.2, -0.15) is 16.9 Å². The summed E-state index contributed by atoms with van der Waals surface area (Å²) in [5.41, 5.74) is 1.79. The Morgan fingerprint density at radius 3 is 2.90 bits per heavy atom. The van der Waals surface area contributed by atoms with Crippen molar-refractivity contribution < 1.29 is 4.79 Å². The van der Waals surface area contributed by atoms with Crippen LogP contribution in [-0.4, -0.2) is 43.6 Å². The molecule has 0 unspecified atom stereocenters. The molecular formula is C14H16N4OS. The first-order chi connectivity index (χ1) is 9.75. The van der Waals surface area contributed by atoms with Crippen LogP contribution >= 0.6 is 11.8 Å². The van der Waals surface area contributed by atoms with E-state index < -0.39 is 0 Å². The maximum Gasteiger partial charge on any atom is 0.254 e. The number of aryl methyl sites for hydroxylation is 1. The van der Waals surface area contributed by atoms with Gasteiger partial charge in [-0.1, -0.05) is 0 Å². The second kappa shape index (κ2) is 5.66. The van der Waals surface area contributed by atoms with E-state index in [-0.39, 0.29) is 11.9 Å². The zero-order chi connectivity index (χ0) is 13.9. The number of rotatable bonds is 2. The molecule has 1 aliphatic heterocycles. The Bertz CT molecular complexity index is 598. The molecule has 0 spiro atoms. The maximum absolute atomic E-state index is 12.7. The van der Waals surface area contributed by atoms with E-state index in [1.807, 2.05) is 36.1 Å². The fourth-order valence-corrected chi connectivity index (χ4v) is 3.48. The monoisotopic (exact) mass is 288 g/mol. The Hall–Kier alpha value is -1.82. The Kier molecular flexibility index (Phi) is 3.73. The second-order valence-electron chi connectivity index (χ2n) is 4.77. The molecule has 1 fully saturated rings. The smallest absolute Gasteiger partial charge is 0.254 e. The largest absolute Gasteiger partial charge is 0.330 e. The molecule has 2 aromatic heterocycles. The fourth-order valence-electron chi connectivity index (χ4n) is 2.40. The van der Waals surface area contributed by atoms with Gasteiger partial charge in [0.1, 0.15) is 0 Å². The molecular weight excluding hydrogens is 272 g/mol. The average molecular weight is 288 g/mol. The molecule has 5 nitrogen and oxygen atoms in total. The molecule has 0 bridgehead atoms. The molecule has 20 heavy (non-hydrogen) atoms. The van der Waals surface area contributed by atoms with E-state index in [2.05, 4.69) is 10.1 Å². The van der Waals surface area contributed by atoms with Crippen LogP contribution < -0.4 is 0 Å². The molecule has 3 heterocycles. The van der Waals surface area contributed by atoms with E-state index >= 15 is 0 Å². The van der Waals surface area contributed by atoms with Gasteiger partial charge in [0.15, 0.2) is 0 Å². The summed E-state index contributed by atoms with van der Waals surface area (Å²) in [5.74, 6) is 1.97. The summed E-state index contributed by atoms with van der Waals surface area (Å²) in [5, 5.41) is 4.22. The number of aromatic nitrogens is 3. The minimum atomic E-state index is 0.0709. The highest BCUT2D eigenvalue weighted by Gasteiger charge is 2.29. The molecule has 104 valence electrons. The number of nitrogens with zero attached hydrogens (tertiary/aromatic N) is 4. The van der Waals surface area contributed by atoms with Crippen LogP contribution in [-0.2, 0) is 7.05 Å². The van der Waals surface area contributed by atoms with E-state index in [4.69, 9.17) is 0 Å². The van der Waals surface area contributed by atoms with Crippen molar-refractivity contribution in [3.63, 3.8) is 0 Å². The molecule has 1 saturated heterocycles. The standard InChI is InChI=1S/C14H16N4OS/c1-17-9-12(8-16-17)13-10-20-7-6-18(13)14(19)11-2-4-15-5-3-11/h2-5,8-9,13H,6-7,10H2,1H3/t13-/m1/s1. The van der Waals surface area contributed by atoms with Crippen LogP contribution in [0.2, 0.25) is 0 Å². The van der Waals surface area contributed by atoms with Crippen molar-refractivity contribution in [1.82, 2.24) is 19.7 Å². The number of amides is 1. The van der Waals surface area contributed by atoms with Gasteiger partial charge >= 0.3 is 0 Å². The molecule has 0 aromatic carbocycles. The van der Waals surface area contributed by atoms with Gasteiger partial charge in [0, 0.05) is 54.8 Å². The van der Waals surface area contributed by atoms with Gasteiger partial charge in [0.25, 0.3) is 5.91 Å². The van der Waals surface area contributed by atoms with Gasteiger partial charge in [0.05, 0.1) is 12.2 Å². The second-order valence-corrected chi connectivity index (χ2v) is 5.92. The Labute approximate surface area is 122 Å². The highest BCUT2D eigenvalue weighted by molar-refractivity contribution is 7.99. The molecule has 1 aliphatic rings. The molecule has 1 atom stereocenters. The molecule has 3 rings (SSSR count). The summed E-state index contributed by atoms with van der Waals surface area (Å²) >= 11 is 1.88. The Morgan fingerprint density at radius 1 is 1.40 bits per heavy atom. The average Bonchev–Trinajstić information content (AvgIpc) is 2.94. The number of carbonyl (C=O) groups excluding carboxylic acids is 1. The summed E-state index contributed by atoms with van der Waals surface area (Å²) in [4.78, 5) is 18.6. The number of hydrogen-bond donors (Lipinski definition) is 0. The molecule has 0 aliphatic carbocycles. The minimum Gasteiger partial charge on any atom is -0.330 e. The van der Waals surface area contributed by atoms with E-state index in [0.717, 1.165) is 23.6 Å². The van der Waals surface area contributed by atoms with E-state index in [9.17, 15) is 4.79 Å². The van der Waals surface area contributed by atoms with Crippen molar-refractivity contribution in [3.05, 3.63) is 48.0 Å². The highest BCUT2D eigenvalue weighted by Crippen LogP contribution is 2.30. The highest BCUT2D eigenvalue weighted by atomic mass is 32.2. The zero-order valence-electron chi connectivity index (χ0n) is 11.3. The predicted octanol–water partition coefficient (Wildman–Crippen LogP) is 1.75. The lowest BCUT2D eigenvalue weighted by molar-refractivity contribution is 0.0701. The number of carbonyl (C=O) groups is 1. The SMILES string of the molecule is Cn1cc([C@H]2CSCCN2C(=O)c2ccncc2)cn1. The first-order valence-electron chi connectivity index (χ1n) is 6.53. The first kappa shape index (κ1) is 13.2. The summed E-state index contributed by atoms with van der Waals surface area (Å²) in [6.07, 6.45) is 7.16. The molecule has 0 saturated carbocycles.